The number of nitrogens with one attached hydrogen (secondary N) is 1. The molecule has 0 saturated carbocycles. The molecule has 0 aliphatic heterocycles. The lowest BCUT2D eigenvalue weighted by atomic mass is 10.2. The molecule has 1 aromatic rings. The zero-order valence-corrected chi connectivity index (χ0v) is 11.0. The van der Waals surface area contributed by atoms with Gasteiger partial charge in [0.15, 0.2) is 0 Å². The first-order valence-corrected chi connectivity index (χ1v) is 6.91. The van der Waals surface area contributed by atoms with Crippen molar-refractivity contribution < 1.29 is 12.8 Å². The molecule has 0 saturated heterocycles. The molecule has 16 heavy (non-hydrogen) atoms. The van der Waals surface area contributed by atoms with Crippen molar-refractivity contribution in [3.63, 3.8) is 0 Å². The average Bonchev–Trinajstić information content (AvgIpc) is 2.17. The maximum absolute atomic E-state index is 13.8. The third-order valence-corrected chi connectivity index (χ3v) is 3.32. The Kier molecular flexibility index (Phi) is 4.43. The zero-order chi connectivity index (χ0) is 12.3. The fourth-order valence-electron chi connectivity index (χ4n) is 1.21. The maximum Gasteiger partial charge on any atom is 0.241 e. The summed E-state index contributed by atoms with van der Waals surface area (Å²) in [5.41, 5.74) is 0.264. The fraction of sp³-hybridized carbons (Fsp3) is 0.333. The predicted molar refractivity (Wildman–Crippen MR) is 62.9 cm³/mol. The van der Waals surface area contributed by atoms with Crippen molar-refractivity contribution in [3.05, 3.63) is 28.0 Å². The van der Waals surface area contributed by atoms with Crippen LogP contribution in [0.4, 0.5) is 4.39 Å². The normalized spacial score (nSPS) is 11.8. The van der Waals surface area contributed by atoms with E-state index in [0.29, 0.717) is 11.0 Å². The fourth-order valence-corrected chi connectivity index (χ4v) is 2.54. The second kappa shape index (κ2) is 5.22. The van der Waals surface area contributed by atoms with Gasteiger partial charge in [0.1, 0.15) is 10.7 Å². The minimum absolute atomic E-state index is 0.254. The van der Waals surface area contributed by atoms with Gasteiger partial charge in [0.05, 0.1) is 0 Å². The monoisotopic (exact) mass is 310 g/mol. The number of benzene rings is 1. The molecule has 3 N–H and O–H groups in total. The highest BCUT2D eigenvalue weighted by Crippen LogP contribution is 2.23. The summed E-state index contributed by atoms with van der Waals surface area (Å²) in [7, 11) is -4.04. The van der Waals surface area contributed by atoms with Gasteiger partial charge in [-0.15, -0.1) is 0 Å². The molecule has 1 aromatic carbocycles. The summed E-state index contributed by atoms with van der Waals surface area (Å²) in [6, 6.07) is 2.67. The van der Waals surface area contributed by atoms with Crippen LogP contribution in [0.3, 0.4) is 0 Å². The summed E-state index contributed by atoms with van der Waals surface area (Å²) < 4.78 is 36.5. The molecule has 0 atom stereocenters. The van der Waals surface area contributed by atoms with Crippen molar-refractivity contribution in [1.82, 2.24) is 5.32 Å². The van der Waals surface area contributed by atoms with E-state index in [1.165, 1.54) is 6.07 Å². The minimum Gasteiger partial charge on any atom is -0.313 e. The Morgan fingerprint density at radius 1 is 1.50 bits per heavy atom. The molecule has 90 valence electrons. The smallest absolute Gasteiger partial charge is 0.241 e. The van der Waals surface area contributed by atoms with Gasteiger partial charge in [0, 0.05) is 16.6 Å². The van der Waals surface area contributed by atoms with Crippen molar-refractivity contribution in [1.29, 1.82) is 0 Å². The molecule has 0 fully saturated rings. The van der Waals surface area contributed by atoms with E-state index in [4.69, 9.17) is 5.14 Å². The first-order chi connectivity index (χ1) is 7.36. The standard InChI is InChI=1S/C9H12BrFN2O2S/c1-2-13-5-6-3-7(10)4-8(9(6)11)16(12,14)15/h3-4,13H,2,5H2,1H3,(H2,12,14,15). The van der Waals surface area contributed by atoms with Gasteiger partial charge in [-0.2, -0.15) is 0 Å². The molecular formula is C9H12BrFN2O2S. The predicted octanol–water partition coefficient (Wildman–Crippen LogP) is 1.35. The van der Waals surface area contributed by atoms with Crippen LogP contribution in [-0.2, 0) is 16.6 Å². The first-order valence-electron chi connectivity index (χ1n) is 4.57. The van der Waals surface area contributed by atoms with Gasteiger partial charge < -0.3 is 5.32 Å². The lowest BCUT2D eigenvalue weighted by Gasteiger charge is -2.08. The Morgan fingerprint density at radius 2 is 2.12 bits per heavy atom. The van der Waals surface area contributed by atoms with E-state index in [1.54, 1.807) is 0 Å². The summed E-state index contributed by atoms with van der Waals surface area (Å²) in [5.74, 6) is -0.799. The third kappa shape index (κ3) is 3.24. The molecule has 0 amide bonds. The van der Waals surface area contributed by atoms with E-state index in [0.717, 1.165) is 6.07 Å². The zero-order valence-electron chi connectivity index (χ0n) is 8.63. The molecule has 4 nitrogen and oxygen atoms in total. The molecule has 0 unspecified atom stereocenters. The highest BCUT2D eigenvalue weighted by molar-refractivity contribution is 9.10. The molecule has 0 spiro atoms. The SMILES string of the molecule is CCNCc1cc(Br)cc(S(N)(=O)=O)c1F. The van der Waals surface area contributed by atoms with Gasteiger partial charge in [-0.3, -0.25) is 0 Å². The van der Waals surface area contributed by atoms with Gasteiger partial charge >= 0.3 is 0 Å². The van der Waals surface area contributed by atoms with E-state index in [1.807, 2.05) is 6.92 Å². The molecular weight excluding hydrogens is 299 g/mol. The number of primary sulfonamides is 1. The van der Waals surface area contributed by atoms with Crippen LogP contribution in [0.1, 0.15) is 12.5 Å². The van der Waals surface area contributed by atoms with Gasteiger partial charge in [0.2, 0.25) is 10.0 Å². The molecule has 0 radical (unpaired) electrons. The molecule has 0 aromatic heterocycles. The molecule has 1 rings (SSSR count). The van der Waals surface area contributed by atoms with Crippen molar-refractivity contribution in [3.8, 4) is 0 Å². The largest absolute Gasteiger partial charge is 0.313 e. The highest BCUT2D eigenvalue weighted by atomic mass is 79.9. The highest BCUT2D eigenvalue weighted by Gasteiger charge is 2.18. The number of sulfonamides is 1. The second-order valence-corrected chi connectivity index (χ2v) is 5.65. The summed E-state index contributed by atoms with van der Waals surface area (Å²) in [5, 5.41) is 7.83. The number of halogens is 2. The van der Waals surface area contributed by atoms with Crippen LogP contribution < -0.4 is 10.5 Å². The molecule has 0 aliphatic carbocycles. The van der Waals surface area contributed by atoms with Gasteiger partial charge in [-0.05, 0) is 18.7 Å². The molecule has 0 bridgehead atoms. The minimum atomic E-state index is -4.04. The van der Waals surface area contributed by atoms with Crippen LogP contribution in [0.5, 0.6) is 0 Å². The van der Waals surface area contributed by atoms with Crippen molar-refractivity contribution in [2.24, 2.45) is 5.14 Å². The van der Waals surface area contributed by atoms with Crippen molar-refractivity contribution in [2.45, 2.75) is 18.4 Å². The second-order valence-electron chi connectivity index (χ2n) is 3.20. The van der Waals surface area contributed by atoms with E-state index < -0.39 is 20.7 Å². The van der Waals surface area contributed by atoms with Crippen LogP contribution in [-0.4, -0.2) is 15.0 Å². The lowest BCUT2D eigenvalue weighted by Crippen LogP contribution is -2.18. The van der Waals surface area contributed by atoms with E-state index in [-0.39, 0.29) is 12.1 Å². The van der Waals surface area contributed by atoms with Crippen molar-refractivity contribution in [2.75, 3.05) is 6.54 Å². The van der Waals surface area contributed by atoms with Crippen LogP contribution in [0.15, 0.2) is 21.5 Å². The van der Waals surface area contributed by atoms with Crippen LogP contribution >= 0.6 is 15.9 Å². The Morgan fingerprint density at radius 3 is 2.62 bits per heavy atom. The van der Waals surface area contributed by atoms with Gasteiger partial charge in [-0.1, -0.05) is 22.9 Å². The summed E-state index contributed by atoms with van der Waals surface area (Å²) >= 11 is 3.12. The number of rotatable bonds is 4. The summed E-state index contributed by atoms with van der Waals surface area (Å²) in [6.45, 7) is 2.79. The van der Waals surface area contributed by atoms with Crippen LogP contribution in [0.2, 0.25) is 0 Å². The van der Waals surface area contributed by atoms with Crippen LogP contribution in [0, 0.1) is 5.82 Å². The maximum atomic E-state index is 13.8. The van der Waals surface area contributed by atoms with E-state index >= 15 is 0 Å². The Balaban J connectivity index is 3.27. The van der Waals surface area contributed by atoms with Gasteiger partial charge in [0.25, 0.3) is 0 Å². The van der Waals surface area contributed by atoms with Crippen LogP contribution in [0.25, 0.3) is 0 Å². The third-order valence-electron chi connectivity index (χ3n) is 1.95. The quantitative estimate of drug-likeness (QED) is 0.881. The summed E-state index contributed by atoms with van der Waals surface area (Å²) in [4.78, 5) is -0.491. The Bertz CT molecular complexity index is 491. The van der Waals surface area contributed by atoms with Crippen molar-refractivity contribution >= 4 is 26.0 Å². The van der Waals surface area contributed by atoms with Gasteiger partial charge in [-0.25, -0.2) is 17.9 Å². The first kappa shape index (κ1) is 13.6. The number of hydrogen-bond acceptors (Lipinski definition) is 3. The van der Waals surface area contributed by atoms with E-state index in [2.05, 4.69) is 21.2 Å². The molecule has 0 aliphatic rings. The number of nitrogens with two attached hydrogens (primary N) is 1. The Labute approximate surface area is 102 Å². The Hall–Kier alpha value is -0.500. The average molecular weight is 311 g/mol. The lowest BCUT2D eigenvalue weighted by molar-refractivity contribution is 0.550. The molecule has 7 heteroatoms. The number of hydrogen-bond donors (Lipinski definition) is 2. The van der Waals surface area contributed by atoms with E-state index in [9.17, 15) is 12.8 Å². The topological polar surface area (TPSA) is 72.2 Å². The molecule has 0 heterocycles. The summed E-state index contributed by atoms with van der Waals surface area (Å²) in [6.07, 6.45) is 0.